The van der Waals surface area contributed by atoms with Crippen LogP contribution in [0.4, 0.5) is 5.82 Å². The number of benzene rings is 1. The molecule has 0 unspecified atom stereocenters. The summed E-state index contributed by atoms with van der Waals surface area (Å²) in [7, 11) is 4.17. The maximum absolute atomic E-state index is 12.8. The number of pyridine rings is 1. The smallest absolute Gasteiger partial charge is 0.290 e. The standard InChI is InChI=1S/C23H27N5O.2CH2O2/c1-15-18-7-4-5-8-19(18)23(25-24-15)27-12-16-11-17(13-27)21(14-26(2)3)28-20(16)9-6-10-22(28)29;2*2-1-3/h4-10,16-17,21H,11-14H2,1-3H3;2*1H,(H,2,3)/t16-,17+,21+;;/m1../s1. The summed E-state index contributed by atoms with van der Waals surface area (Å²) in [6.45, 7) is 4.15. The van der Waals surface area contributed by atoms with Crippen molar-refractivity contribution in [2.75, 3.05) is 38.6 Å². The molecule has 1 saturated heterocycles. The molecule has 186 valence electrons. The van der Waals surface area contributed by atoms with Crippen molar-refractivity contribution in [3.8, 4) is 0 Å². The van der Waals surface area contributed by atoms with Crippen molar-refractivity contribution >= 4 is 29.5 Å². The highest BCUT2D eigenvalue weighted by Gasteiger charge is 2.41. The van der Waals surface area contributed by atoms with Gasteiger partial charge in [0.15, 0.2) is 5.82 Å². The molecule has 2 aromatic heterocycles. The average Bonchev–Trinajstić information content (AvgIpc) is 2.83. The van der Waals surface area contributed by atoms with Crippen molar-refractivity contribution in [1.82, 2.24) is 19.7 Å². The number of nitrogens with zero attached hydrogens (tertiary/aromatic N) is 5. The number of aryl methyl sites for hydroxylation is 1. The fourth-order valence-corrected chi connectivity index (χ4v) is 5.28. The molecular weight excluding hydrogens is 450 g/mol. The molecule has 10 heteroatoms. The fourth-order valence-electron chi connectivity index (χ4n) is 5.28. The van der Waals surface area contributed by atoms with Crippen LogP contribution in [-0.4, -0.2) is 76.6 Å². The maximum Gasteiger partial charge on any atom is 0.290 e. The molecule has 3 atom stereocenters. The first-order valence-corrected chi connectivity index (χ1v) is 11.3. The van der Waals surface area contributed by atoms with E-state index in [1.165, 1.54) is 0 Å². The molecular formula is C25H31N5O5. The second-order valence-corrected chi connectivity index (χ2v) is 8.95. The monoisotopic (exact) mass is 481 g/mol. The molecule has 2 aliphatic heterocycles. The van der Waals surface area contributed by atoms with Crippen LogP contribution in [0.3, 0.4) is 0 Å². The Morgan fingerprint density at radius 2 is 1.66 bits per heavy atom. The van der Waals surface area contributed by atoms with Crippen molar-refractivity contribution in [2.24, 2.45) is 5.92 Å². The Morgan fingerprint density at radius 1 is 1.00 bits per heavy atom. The fraction of sp³-hybridized carbons (Fsp3) is 0.400. The lowest BCUT2D eigenvalue weighted by molar-refractivity contribution is -0.123. The molecule has 0 spiro atoms. The van der Waals surface area contributed by atoms with Crippen LogP contribution in [0.25, 0.3) is 10.8 Å². The molecule has 0 saturated carbocycles. The van der Waals surface area contributed by atoms with E-state index in [0.717, 1.165) is 54.0 Å². The van der Waals surface area contributed by atoms with Crippen molar-refractivity contribution < 1.29 is 19.8 Å². The van der Waals surface area contributed by atoms with Gasteiger partial charge in [0.25, 0.3) is 18.5 Å². The van der Waals surface area contributed by atoms with Gasteiger partial charge < -0.3 is 24.6 Å². The van der Waals surface area contributed by atoms with Gasteiger partial charge in [-0.3, -0.25) is 14.4 Å². The normalized spacial score (nSPS) is 20.1. The number of carbonyl (C=O) groups is 2. The third-order valence-corrected chi connectivity index (χ3v) is 6.50. The van der Waals surface area contributed by atoms with Gasteiger partial charge in [-0.05, 0) is 39.4 Å². The number of carboxylic acid groups (broad SMARTS) is 2. The van der Waals surface area contributed by atoms with Gasteiger partial charge in [0.05, 0.1) is 11.7 Å². The van der Waals surface area contributed by atoms with Crippen molar-refractivity contribution in [3.63, 3.8) is 0 Å². The number of rotatable bonds is 3. The Labute approximate surface area is 203 Å². The van der Waals surface area contributed by atoms with Crippen LogP contribution in [0.2, 0.25) is 0 Å². The molecule has 0 radical (unpaired) electrons. The molecule has 0 amide bonds. The average molecular weight is 482 g/mol. The minimum absolute atomic E-state index is 0.123. The van der Waals surface area contributed by atoms with Gasteiger partial charge in [0, 0.05) is 48.1 Å². The summed E-state index contributed by atoms with van der Waals surface area (Å²) in [5, 5.41) is 25.2. The third kappa shape index (κ3) is 5.48. The van der Waals surface area contributed by atoms with Gasteiger partial charge in [-0.2, -0.15) is 5.10 Å². The minimum atomic E-state index is -0.250. The molecule has 2 N–H and O–H groups in total. The molecule has 35 heavy (non-hydrogen) atoms. The first kappa shape index (κ1) is 25.8. The van der Waals surface area contributed by atoms with Crippen LogP contribution in [0.1, 0.15) is 29.8 Å². The van der Waals surface area contributed by atoms with E-state index in [1.54, 1.807) is 6.07 Å². The number of hydrogen-bond donors (Lipinski definition) is 2. The van der Waals surface area contributed by atoms with Gasteiger partial charge in [-0.1, -0.05) is 30.3 Å². The Hall–Kier alpha value is -3.79. The summed E-state index contributed by atoms with van der Waals surface area (Å²) in [6, 6.07) is 14.3. The van der Waals surface area contributed by atoms with E-state index in [9.17, 15) is 4.79 Å². The van der Waals surface area contributed by atoms with Gasteiger partial charge in [0.1, 0.15) is 0 Å². The Kier molecular flexibility index (Phi) is 8.53. The molecule has 0 aliphatic carbocycles. The number of fused-ring (bicyclic) bond motifs is 5. The summed E-state index contributed by atoms with van der Waals surface area (Å²) in [5.41, 5.74) is 2.25. The number of likely N-dealkylation sites (N-methyl/N-ethyl adjacent to an activating group) is 1. The van der Waals surface area contributed by atoms with Crippen LogP contribution in [0.15, 0.2) is 47.3 Å². The van der Waals surface area contributed by atoms with Crippen molar-refractivity contribution in [2.45, 2.75) is 25.3 Å². The van der Waals surface area contributed by atoms with Crippen LogP contribution in [-0.2, 0) is 9.59 Å². The molecule has 2 bridgehead atoms. The SMILES string of the molecule is Cc1nnc(N2C[C@H]3C[C@@H](C2)[C@H](CN(C)C)n2c3cccc2=O)c2ccccc12.O=CO.O=CO. The van der Waals surface area contributed by atoms with Gasteiger partial charge >= 0.3 is 0 Å². The zero-order chi connectivity index (χ0) is 25.5. The van der Waals surface area contributed by atoms with E-state index in [0.29, 0.717) is 11.8 Å². The molecule has 10 nitrogen and oxygen atoms in total. The highest BCUT2D eigenvalue weighted by Crippen LogP contribution is 2.43. The van der Waals surface area contributed by atoms with Crippen LogP contribution in [0, 0.1) is 12.8 Å². The Morgan fingerprint density at radius 3 is 2.31 bits per heavy atom. The molecule has 2 aliphatic rings. The molecule has 1 fully saturated rings. The van der Waals surface area contributed by atoms with E-state index in [2.05, 4.69) is 69.0 Å². The molecule has 1 aromatic carbocycles. The molecule has 5 rings (SSSR count). The topological polar surface area (TPSA) is 129 Å². The lowest BCUT2D eigenvalue weighted by atomic mass is 9.78. The number of anilines is 1. The zero-order valence-electron chi connectivity index (χ0n) is 20.1. The summed E-state index contributed by atoms with van der Waals surface area (Å²) >= 11 is 0. The van der Waals surface area contributed by atoms with Crippen molar-refractivity contribution in [3.05, 3.63) is 64.2 Å². The highest BCUT2D eigenvalue weighted by atomic mass is 16.3. The number of hydrogen-bond acceptors (Lipinski definition) is 7. The predicted molar refractivity (Wildman–Crippen MR) is 133 cm³/mol. The summed E-state index contributed by atoms with van der Waals surface area (Å²) in [6.07, 6.45) is 1.12. The first-order chi connectivity index (χ1) is 16.9. The second kappa shape index (κ2) is 11.6. The Balaban J connectivity index is 0.000000520. The lowest BCUT2D eigenvalue weighted by Gasteiger charge is -2.48. The maximum atomic E-state index is 12.8. The second-order valence-electron chi connectivity index (χ2n) is 8.95. The molecule has 3 aromatic rings. The van der Waals surface area contributed by atoms with E-state index in [-0.39, 0.29) is 24.5 Å². The number of aromatic nitrogens is 3. The van der Waals surface area contributed by atoms with Gasteiger partial charge in [-0.25, -0.2) is 0 Å². The minimum Gasteiger partial charge on any atom is -0.483 e. The Bertz CT molecular complexity index is 1220. The van der Waals surface area contributed by atoms with E-state index >= 15 is 0 Å². The third-order valence-electron chi connectivity index (χ3n) is 6.50. The summed E-state index contributed by atoms with van der Waals surface area (Å²) in [5.74, 6) is 1.71. The zero-order valence-corrected chi connectivity index (χ0v) is 20.1. The summed E-state index contributed by atoms with van der Waals surface area (Å²) < 4.78 is 2.06. The van der Waals surface area contributed by atoms with E-state index in [4.69, 9.17) is 19.8 Å². The highest BCUT2D eigenvalue weighted by molar-refractivity contribution is 5.93. The summed E-state index contributed by atoms with van der Waals surface area (Å²) in [4.78, 5) is 34.1. The number of piperidine rings is 1. The lowest BCUT2D eigenvalue weighted by Crippen LogP contribution is -2.51. The first-order valence-electron chi connectivity index (χ1n) is 11.3. The van der Waals surface area contributed by atoms with Gasteiger partial charge in [-0.15, -0.1) is 5.10 Å². The predicted octanol–water partition coefficient (Wildman–Crippen LogP) is 2.23. The van der Waals surface area contributed by atoms with Crippen LogP contribution in [0.5, 0.6) is 0 Å². The largest absolute Gasteiger partial charge is 0.483 e. The molecule has 4 heterocycles. The van der Waals surface area contributed by atoms with Crippen molar-refractivity contribution in [1.29, 1.82) is 0 Å². The quantitative estimate of drug-likeness (QED) is 0.541. The van der Waals surface area contributed by atoms with E-state index < -0.39 is 0 Å². The van der Waals surface area contributed by atoms with Gasteiger partial charge in [0.2, 0.25) is 0 Å². The van der Waals surface area contributed by atoms with Crippen LogP contribution >= 0.6 is 0 Å². The van der Waals surface area contributed by atoms with E-state index in [1.807, 2.05) is 13.0 Å². The van der Waals surface area contributed by atoms with Crippen LogP contribution < -0.4 is 10.5 Å².